The Morgan fingerprint density at radius 2 is 1.67 bits per heavy atom. The van der Waals surface area contributed by atoms with E-state index >= 15 is 0 Å². The van der Waals surface area contributed by atoms with Crippen LogP contribution >= 0.6 is 0 Å². The van der Waals surface area contributed by atoms with Crippen LogP contribution in [0.4, 0.5) is 18.9 Å². The van der Waals surface area contributed by atoms with E-state index in [2.05, 4.69) is 10.2 Å². The van der Waals surface area contributed by atoms with Crippen molar-refractivity contribution in [3.8, 4) is 0 Å². The molecule has 1 heterocycles. The van der Waals surface area contributed by atoms with E-state index in [-0.39, 0.29) is 29.2 Å². The van der Waals surface area contributed by atoms with Crippen molar-refractivity contribution in [1.82, 2.24) is 5.32 Å². The molecule has 1 unspecified atom stereocenters. The van der Waals surface area contributed by atoms with Crippen molar-refractivity contribution in [2.45, 2.75) is 48.8 Å². The quantitative estimate of drug-likeness (QED) is 0.324. The minimum Gasteiger partial charge on any atom is -0.394 e. The first-order valence-electron chi connectivity index (χ1n) is 13.7. The molecule has 0 saturated carbocycles. The number of sulfone groups is 1. The number of nitrogens with one attached hydrogen (secondary N) is 1. The zero-order valence-electron chi connectivity index (χ0n) is 23.5. The molecule has 3 aromatic rings. The zero-order chi connectivity index (χ0) is 30.5. The molecule has 7 nitrogen and oxygen atoms in total. The zero-order valence-corrected chi connectivity index (χ0v) is 24.3. The van der Waals surface area contributed by atoms with Gasteiger partial charge in [-0.1, -0.05) is 31.2 Å². The molecule has 11 heteroatoms. The lowest BCUT2D eigenvalue weighted by molar-refractivity contribution is -0.137. The summed E-state index contributed by atoms with van der Waals surface area (Å²) in [6.45, 7) is 2.26. The van der Waals surface area contributed by atoms with Crippen LogP contribution in [0.3, 0.4) is 0 Å². The van der Waals surface area contributed by atoms with Gasteiger partial charge in [-0.2, -0.15) is 13.2 Å². The van der Waals surface area contributed by atoms with Gasteiger partial charge in [0.2, 0.25) is 0 Å². The second-order valence-electron chi connectivity index (χ2n) is 10.4. The van der Waals surface area contributed by atoms with E-state index in [1.54, 1.807) is 50.4 Å². The highest BCUT2D eigenvalue weighted by atomic mass is 32.2. The van der Waals surface area contributed by atoms with Crippen LogP contribution in [0, 0.1) is 0 Å². The first-order chi connectivity index (χ1) is 20.0. The number of benzene rings is 3. The van der Waals surface area contributed by atoms with Crippen molar-refractivity contribution in [3.05, 3.63) is 95.1 Å². The average molecular weight is 605 g/mol. The number of methoxy groups -OCH3 is 1. The van der Waals surface area contributed by atoms with Crippen LogP contribution in [0.25, 0.3) is 0 Å². The number of carbonyl (C=O) groups excluding carboxylic acids is 1. The van der Waals surface area contributed by atoms with Gasteiger partial charge in [0.1, 0.15) is 0 Å². The third-order valence-corrected chi connectivity index (χ3v) is 9.50. The largest absolute Gasteiger partial charge is 0.416 e. The fourth-order valence-electron chi connectivity index (χ4n) is 5.28. The topological polar surface area (TPSA) is 95.9 Å². The molecule has 3 aromatic carbocycles. The molecule has 1 aliphatic heterocycles. The number of anilines is 1. The highest BCUT2D eigenvalue weighted by Crippen LogP contribution is 2.36. The van der Waals surface area contributed by atoms with Gasteiger partial charge < -0.3 is 20.1 Å². The van der Waals surface area contributed by atoms with E-state index in [0.717, 1.165) is 36.2 Å². The normalized spacial score (nSPS) is 18.5. The summed E-state index contributed by atoms with van der Waals surface area (Å²) >= 11 is 0. The monoisotopic (exact) mass is 604 g/mol. The second kappa shape index (κ2) is 13.3. The third-order valence-electron chi connectivity index (χ3n) is 7.75. The van der Waals surface area contributed by atoms with Gasteiger partial charge in [0.05, 0.1) is 41.5 Å². The van der Waals surface area contributed by atoms with Crippen LogP contribution in [-0.2, 0) is 20.8 Å². The molecule has 226 valence electrons. The molecule has 4 rings (SSSR count). The highest BCUT2D eigenvalue weighted by Gasteiger charge is 2.32. The number of hydrogen-bond donors (Lipinski definition) is 2. The lowest BCUT2D eigenvalue weighted by atomic mass is 9.86. The Bertz CT molecular complexity index is 1440. The van der Waals surface area contributed by atoms with Crippen LogP contribution < -0.4 is 10.2 Å². The molecule has 3 atom stereocenters. The van der Waals surface area contributed by atoms with Gasteiger partial charge in [-0.05, 0) is 72.5 Å². The summed E-state index contributed by atoms with van der Waals surface area (Å²) in [4.78, 5) is 15.4. The summed E-state index contributed by atoms with van der Waals surface area (Å²) in [5.74, 6) is -0.394. The number of rotatable bonds is 10. The number of aliphatic hydroxyl groups excluding tert-OH is 1. The maximum absolute atomic E-state index is 13.0. The van der Waals surface area contributed by atoms with E-state index < -0.39 is 33.5 Å². The van der Waals surface area contributed by atoms with E-state index in [1.165, 1.54) is 12.1 Å². The number of alkyl halides is 3. The van der Waals surface area contributed by atoms with Crippen LogP contribution in [-0.4, -0.2) is 58.1 Å². The summed E-state index contributed by atoms with van der Waals surface area (Å²) in [6, 6.07) is 17.8. The molecule has 0 radical (unpaired) electrons. The first-order valence-corrected chi connectivity index (χ1v) is 15.4. The summed E-state index contributed by atoms with van der Waals surface area (Å²) in [7, 11) is -1.74. The number of amides is 1. The predicted octanol–water partition coefficient (Wildman–Crippen LogP) is 5.36. The molecule has 0 aliphatic carbocycles. The number of ether oxygens (including phenoxy) is 1. The van der Waals surface area contributed by atoms with Gasteiger partial charge in [-0.3, -0.25) is 4.79 Å². The van der Waals surface area contributed by atoms with E-state index in [1.807, 2.05) is 12.1 Å². The minimum absolute atomic E-state index is 0.0259. The average Bonchev–Trinajstić information content (AvgIpc) is 3.00. The molecule has 1 saturated heterocycles. The van der Waals surface area contributed by atoms with Gasteiger partial charge in [0.15, 0.2) is 9.84 Å². The molecular weight excluding hydrogens is 569 g/mol. The molecular formula is C31H35F3N2O5S. The Kier molecular flexibility index (Phi) is 9.96. The Balaban J connectivity index is 1.47. The lowest BCUT2D eigenvalue weighted by Crippen LogP contribution is -2.45. The summed E-state index contributed by atoms with van der Waals surface area (Å²) in [6.07, 6.45) is -2.78. The molecule has 1 aliphatic rings. The fourth-order valence-corrected chi connectivity index (χ4v) is 6.16. The van der Waals surface area contributed by atoms with E-state index in [0.29, 0.717) is 24.3 Å². The predicted molar refractivity (Wildman–Crippen MR) is 154 cm³/mol. The maximum atomic E-state index is 13.0. The minimum atomic E-state index is -4.38. The Morgan fingerprint density at radius 3 is 2.21 bits per heavy atom. The van der Waals surface area contributed by atoms with Gasteiger partial charge in [-0.25, -0.2) is 8.42 Å². The van der Waals surface area contributed by atoms with Gasteiger partial charge >= 0.3 is 6.18 Å². The smallest absolute Gasteiger partial charge is 0.394 e. The van der Waals surface area contributed by atoms with Crippen LogP contribution in [0.5, 0.6) is 0 Å². The fraction of sp³-hybridized carbons (Fsp3) is 0.387. The molecule has 0 spiro atoms. The highest BCUT2D eigenvalue weighted by molar-refractivity contribution is 7.91. The van der Waals surface area contributed by atoms with Crippen molar-refractivity contribution in [1.29, 1.82) is 0 Å². The van der Waals surface area contributed by atoms with Crippen molar-refractivity contribution >= 4 is 21.4 Å². The summed E-state index contributed by atoms with van der Waals surface area (Å²) in [5, 5.41) is 12.7. The van der Waals surface area contributed by atoms with Crippen molar-refractivity contribution in [2.24, 2.45) is 0 Å². The van der Waals surface area contributed by atoms with Crippen LogP contribution in [0.2, 0.25) is 0 Å². The number of halogens is 3. The van der Waals surface area contributed by atoms with Crippen LogP contribution in [0.1, 0.15) is 58.8 Å². The van der Waals surface area contributed by atoms with Gasteiger partial charge in [0, 0.05) is 30.8 Å². The van der Waals surface area contributed by atoms with Crippen molar-refractivity contribution in [2.75, 3.05) is 37.5 Å². The number of aliphatic hydroxyl groups is 1. The molecule has 42 heavy (non-hydrogen) atoms. The molecule has 1 amide bonds. The molecule has 1 fully saturated rings. The van der Waals surface area contributed by atoms with E-state index in [4.69, 9.17) is 4.74 Å². The second-order valence-corrected chi connectivity index (χ2v) is 12.7. The molecule has 0 aromatic heterocycles. The number of carbonyl (C=O) groups is 1. The number of hydrogen-bond acceptors (Lipinski definition) is 6. The molecule has 0 bridgehead atoms. The third kappa shape index (κ3) is 7.32. The van der Waals surface area contributed by atoms with Gasteiger partial charge in [0.25, 0.3) is 5.91 Å². The molecule has 2 N–H and O–H groups in total. The summed E-state index contributed by atoms with van der Waals surface area (Å²) < 4.78 is 68.7. The number of nitrogens with zero attached hydrogens (tertiary/aromatic N) is 1. The van der Waals surface area contributed by atoms with E-state index in [9.17, 15) is 31.5 Å². The van der Waals surface area contributed by atoms with Gasteiger partial charge in [-0.15, -0.1) is 0 Å². The number of piperidine rings is 1. The SMILES string of the molecule is CCS(=O)(=O)c1ccc([C@H](CO)NC(=O)c2ccc(N3CC(c4ccc(C(F)(F)F)cc4)CC[C@H]3COC)cc2)cc1. The Hall–Kier alpha value is -3.41. The van der Waals surface area contributed by atoms with Crippen molar-refractivity contribution < 1.29 is 36.2 Å². The lowest BCUT2D eigenvalue weighted by Gasteiger charge is -2.41. The van der Waals surface area contributed by atoms with Crippen molar-refractivity contribution in [3.63, 3.8) is 0 Å². The Morgan fingerprint density at radius 1 is 1.02 bits per heavy atom. The maximum Gasteiger partial charge on any atom is 0.416 e. The standard InChI is InChI=1S/C31H35F3N2O5S/c1-3-42(39,40)28-16-9-22(10-17-28)29(19-37)35-30(38)23-6-13-26(14-7-23)36-18-24(8-15-27(36)20-41-2)21-4-11-25(12-5-21)31(32,33)34/h4-7,9-14,16-17,24,27,29,37H,3,8,15,18-20H2,1-2H3,(H,35,38)/t24?,27-,29-/m0/s1. The Labute approximate surface area is 244 Å². The summed E-state index contributed by atoms with van der Waals surface area (Å²) in [5.41, 5.74) is 1.98. The van der Waals surface area contributed by atoms with Crippen LogP contribution in [0.15, 0.2) is 77.7 Å². The first kappa shape index (κ1) is 31.5.